The first-order valence-corrected chi connectivity index (χ1v) is 12.0. The smallest absolute Gasteiger partial charge is 0.425 e. The van der Waals surface area contributed by atoms with Gasteiger partial charge in [-0.05, 0) is 82.2 Å². The number of ether oxygens (including phenoxy) is 1. The van der Waals surface area contributed by atoms with Crippen LogP contribution in [0.5, 0.6) is 0 Å². The molecular weight excluding hydrogens is 438 g/mol. The van der Waals surface area contributed by atoms with E-state index in [1.54, 1.807) is 12.1 Å². The van der Waals surface area contributed by atoms with E-state index in [4.69, 9.17) is 0 Å². The highest BCUT2D eigenvalue weighted by Gasteiger charge is 2.45. The van der Waals surface area contributed by atoms with Gasteiger partial charge in [-0.1, -0.05) is 0 Å². The lowest BCUT2D eigenvalue weighted by atomic mass is 9.85. The first-order chi connectivity index (χ1) is 15.7. The summed E-state index contributed by atoms with van der Waals surface area (Å²) in [6, 6.07) is 5.30. The minimum Gasteiger partial charge on any atom is -0.437 e. The Morgan fingerprint density at radius 1 is 1.00 bits per heavy atom. The molecule has 33 heavy (non-hydrogen) atoms. The molecule has 3 saturated heterocycles. The van der Waals surface area contributed by atoms with Gasteiger partial charge < -0.3 is 14.5 Å². The number of alkyl halides is 3. The second-order valence-corrected chi connectivity index (χ2v) is 9.67. The Labute approximate surface area is 192 Å². The van der Waals surface area contributed by atoms with Crippen molar-refractivity contribution in [3.05, 3.63) is 29.6 Å². The highest BCUT2D eigenvalue weighted by molar-refractivity contribution is 5.68. The van der Waals surface area contributed by atoms with E-state index in [1.807, 2.05) is 0 Å². The molecule has 0 aliphatic carbocycles. The molecular formula is C24H33F4N3O2. The molecule has 1 aromatic rings. The Hall–Kier alpha value is -2.03. The number of likely N-dealkylation sites (tertiary alicyclic amines) is 2. The molecule has 3 fully saturated rings. The van der Waals surface area contributed by atoms with Crippen LogP contribution in [0.3, 0.4) is 0 Å². The van der Waals surface area contributed by atoms with Gasteiger partial charge in [0, 0.05) is 44.0 Å². The summed E-state index contributed by atoms with van der Waals surface area (Å²) < 4.78 is 57.2. The normalized spacial score (nSPS) is 22.6. The molecule has 0 N–H and O–H groups in total. The average Bonchev–Trinajstić information content (AvgIpc) is 3.15. The van der Waals surface area contributed by atoms with Gasteiger partial charge in [-0.15, -0.1) is 0 Å². The minimum absolute atomic E-state index is 0.107. The van der Waals surface area contributed by atoms with Crippen molar-refractivity contribution in [3.63, 3.8) is 0 Å². The standard InChI is InChI=1S/C24H33F4N3O2/c1-18(24(26,27)28)33-22(32)30-12-7-23(8-13-30)6-5-11-31(23)17-19-14-20(25)16-21(15-19)29-9-3-2-4-10-29/h14-16,18H,2-13,17H2,1H3. The third kappa shape index (κ3) is 5.55. The third-order valence-electron chi connectivity index (χ3n) is 7.47. The summed E-state index contributed by atoms with van der Waals surface area (Å²) in [5, 5.41) is 0. The summed E-state index contributed by atoms with van der Waals surface area (Å²) in [5.41, 5.74) is 1.77. The van der Waals surface area contributed by atoms with Crippen LogP contribution < -0.4 is 4.90 Å². The topological polar surface area (TPSA) is 36.0 Å². The quantitative estimate of drug-likeness (QED) is 0.556. The van der Waals surface area contributed by atoms with E-state index < -0.39 is 18.4 Å². The van der Waals surface area contributed by atoms with Crippen LogP contribution >= 0.6 is 0 Å². The fraction of sp³-hybridized carbons (Fsp3) is 0.708. The van der Waals surface area contributed by atoms with Crippen molar-refractivity contribution < 1.29 is 27.1 Å². The molecule has 1 amide bonds. The highest BCUT2D eigenvalue weighted by atomic mass is 19.4. The number of rotatable bonds is 4. The molecule has 0 radical (unpaired) electrons. The van der Waals surface area contributed by atoms with Crippen molar-refractivity contribution in [2.75, 3.05) is 37.6 Å². The average molecular weight is 472 g/mol. The Bertz CT molecular complexity index is 833. The van der Waals surface area contributed by atoms with Crippen LogP contribution in [0.15, 0.2) is 18.2 Å². The largest absolute Gasteiger partial charge is 0.437 e. The van der Waals surface area contributed by atoms with E-state index >= 15 is 0 Å². The van der Waals surface area contributed by atoms with Crippen LogP contribution in [0, 0.1) is 5.82 Å². The molecule has 4 rings (SSSR count). The van der Waals surface area contributed by atoms with Crippen molar-refractivity contribution in [1.29, 1.82) is 0 Å². The molecule has 1 unspecified atom stereocenters. The van der Waals surface area contributed by atoms with Gasteiger partial charge in [0.1, 0.15) is 5.82 Å². The summed E-state index contributed by atoms with van der Waals surface area (Å²) >= 11 is 0. The van der Waals surface area contributed by atoms with E-state index in [0.717, 1.165) is 63.5 Å². The molecule has 9 heteroatoms. The fourth-order valence-electron chi connectivity index (χ4n) is 5.49. The number of halogens is 4. The summed E-state index contributed by atoms with van der Waals surface area (Å²) in [5.74, 6) is -0.224. The van der Waals surface area contributed by atoms with Crippen LogP contribution in [0.4, 0.5) is 28.0 Å². The lowest BCUT2D eigenvalue weighted by Crippen LogP contribution is -2.53. The number of carbonyl (C=O) groups is 1. The van der Waals surface area contributed by atoms with Crippen molar-refractivity contribution in [1.82, 2.24) is 9.80 Å². The lowest BCUT2D eigenvalue weighted by molar-refractivity contribution is -0.200. The third-order valence-corrected chi connectivity index (χ3v) is 7.47. The van der Waals surface area contributed by atoms with Gasteiger partial charge >= 0.3 is 12.3 Å². The molecule has 3 aliphatic rings. The number of piperidine rings is 2. The van der Waals surface area contributed by atoms with Gasteiger partial charge in [0.05, 0.1) is 0 Å². The Morgan fingerprint density at radius 2 is 1.70 bits per heavy atom. The van der Waals surface area contributed by atoms with E-state index in [1.165, 1.54) is 11.3 Å². The number of amides is 1. The highest BCUT2D eigenvalue weighted by Crippen LogP contribution is 2.40. The summed E-state index contributed by atoms with van der Waals surface area (Å²) in [4.78, 5) is 18.2. The van der Waals surface area contributed by atoms with Crippen molar-refractivity contribution >= 4 is 11.8 Å². The van der Waals surface area contributed by atoms with Gasteiger partial charge in [0.25, 0.3) is 0 Å². The number of hydrogen-bond acceptors (Lipinski definition) is 4. The van der Waals surface area contributed by atoms with Crippen molar-refractivity contribution in [2.45, 2.75) is 76.2 Å². The Kier molecular flexibility index (Phi) is 7.07. The number of benzene rings is 1. The molecule has 5 nitrogen and oxygen atoms in total. The van der Waals surface area contributed by atoms with Gasteiger partial charge in [-0.25, -0.2) is 9.18 Å². The molecule has 1 atom stereocenters. The SMILES string of the molecule is CC(OC(=O)N1CCC2(CCCN2Cc2cc(F)cc(N3CCCCC3)c2)CC1)C(F)(F)F. The molecule has 3 heterocycles. The molecule has 1 aromatic carbocycles. The summed E-state index contributed by atoms with van der Waals surface area (Å²) in [6.07, 6.45) is -0.771. The van der Waals surface area contributed by atoms with Gasteiger partial charge in [-0.3, -0.25) is 4.90 Å². The summed E-state index contributed by atoms with van der Waals surface area (Å²) in [6.45, 7) is 5.01. The van der Waals surface area contributed by atoms with E-state index in [0.29, 0.717) is 32.5 Å². The van der Waals surface area contributed by atoms with E-state index in [2.05, 4.69) is 20.6 Å². The minimum atomic E-state index is -4.56. The van der Waals surface area contributed by atoms with E-state index in [-0.39, 0.29) is 11.4 Å². The maximum Gasteiger partial charge on any atom is 0.425 e. The van der Waals surface area contributed by atoms with Crippen LogP contribution in [-0.2, 0) is 11.3 Å². The molecule has 3 aliphatic heterocycles. The predicted octanol–water partition coefficient (Wildman–Crippen LogP) is 5.33. The molecule has 0 bridgehead atoms. The number of anilines is 1. The molecule has 184 valence electrons. The first kappa shape index (κ1) is 24.1. The molecule has 0 aromatic heterocycles. The van der Waals surface area contributed by atoms with Crippen molar-refractivity contribution in [2.24, 2.45) is 0 Å². The zero-order chi connectivity index (χ0) is 23.6. The maximum absolute atomic E-state index is 14.4. The number of hydrogen-bond donors (Lipinski definition) is 0. The fourth-order valence-corrected chi connectivity index (χ4v) is 5.49. The monoisotopic (exact) mass is 471 g/mol. The van der Waals surface area contributed by atoms with Gasteiger partial charge in [0.2, 0.25) is 0 Å². The summed E-state index contributed by atoms with van der Waals surface area (Å²) in [7, 11) is 0. The lowest BCUT2D eigenvalue weighted by Gasteiger charge is -2.45. The van der Waals surface area contributed by atoms with Crippen LogP contribution in [0.25, 0.3) is 0 Å². The zero-order valence-electron chi connectivity index (χ0n) is 19.2. The Morgan fingerprint density at radius 3 is 2.36 bits per heavy atom. The van der Waals surface area contributed by atoms with Gasteiger partial charge in [0.15, 0.2) is 6.10 Å². The van der Waals surface area contributed by atoms with Crippen LogP contribution in [0.1, 0.15) is 57.4 Å². The predicted molar refractivity (Wildman–Crippen MR) is 118 cm³/mol. The number of carbonyl (C=O) groups excluding carboxylic acids is 1. The molecule has 0 saturated carbocycles. The van der Waals surface area contributed by atoms with Crippen molar-refractivity contribution in [3.8, 4) is 0 Å². The maximum atomic E-state index is 14.4. The Balaban J connectivity index is 1.39. The number of nitrogens with zero attached hydrogens (tertiary/aromatic N) is 3. The van der Waals surface area contributed by atoms with Crippen LogP contribution in [0.2, 0.25) is 0 Å². The second-order valence-electron chi connectivity index (χ2n) is 9.67. The first-order valence-electron chi connectivity index (χ1n) is 12.0. The van der Waals surface area contributed by atoms with E-state index in [9.17, 15) is 22.4 Å². The zero-order valence-corrected chi connectivity index (χ0v) is 19.2. The van der Waals surface area contributed by atoms with Gasteiger partial charge in [-0.2, -0.15) is 13.2 Å². The molecule has 1 spiro atoms. The van der Waals surface area contributed by atoms with Crippen LogP contribution in [-0.4, -0.2) is 66.4 Å². The second kappa shape index (κ2) is 9.68.